The average Bonchev–Trinajstić information content (AvgIpc) is 3.22. The van der Waals surface area contributed by atoms with Gasteiger partial charge in [-0.25, -0.2) is 4.79 Å². The molecule has 0 bridgehead atoms. The van der Waals surface area contributed by atoms with Crippen molar-refractivity contribution < 1.29 is 24.2 Å². The Kier molecular flexibility index (Phi) is 43.0. The summed E-state index contributed by atoms with van der Waals surface area (Å²) in [6, 6.07) is -0.864. The van der Waals surface area contributed by atoms with Gasteiger partial charge in [-0.15, -0.1) is 0 Å². The van der Waals surface area contributed by atoms with Crippen molar-refractivity contribution in [1.29, 1.82) is 0 Å². The summed E-state index contributed by atoms with van der Waals surface area (Å²) in [6.45, 7) is 4.82. The fourth-order valence-corrected chi connectivity index (χ4v) is 6.68. The number of ether oxygens (including phenoxy) is 1. The monoisotopic (exact) mass is 821 g/mol. The second-order valence-corrected chi connectivity index (χ2v) is 15.8. The zero-order valence-electron chi connectivity index (χ0n) is 37.8. The minimum atomic E-state index is -1.01. The zero-order valence-corrected chi connectivity index (χ0v) is 37.8. The Morgan fingerprint density at radius 2 is 0.932 bits per heavy atom. The second kappa shape index (κ2) is 45.6. The first-order valence-corrected chi connectivity index (χ1v) is 23.9. The van der Waals surface area contributed by atoms with Gasteiger partial charge in [-0.05, 0) is 109 Å². The van der Waals surface area contributed by atoms with Crippen LogP contribution in [0, 0.1) is 0 Å². The highest BCUT2D eigenvalue weighted by atomic mass is 16.5. The number of nitrogens with two attached hydrogens (primary N) is 1. The van der Waals surface area contributed by atoms with Crippen LogP contribution in [0.3, 0.4) is 0 Å². The molecule has 0 aliphatic rings. The first-order chi connectivity index (χ1) is 28.9. The maximum absolute atomic E-state index is 12.8. The molecular formula is C52H88N2O5. The third-order valence-corrected chi connectivity index (χ3v) is 10.2. The van der Waals surface area contributed by atoms with Gasteiger partial charge in [0.25, 0.3) is 0 Å². The lowest BCUT2D eigenvalue weighted by Gasteiger charge is -2.18. The summed E-state index contributed by atoms with van der Waals surface area (Å²) < 4.78 is 6.03. The van der Waals surface area contributed by atoms with Crippen molar-refractivity contribution in [2.24, 2.45) is 5.73 Å². The minimum absolute atomic E-state index is 0.0209. The SMILES string of the molecule is CC/C=C\C/C=C\C/C=C\C/C=C\C/C=C\C/C=C\C/C=C\CCCC(=O)OC(CCCCCCCCCCCC)CCCCCCCC(=O)NC(CCCN)C(=O)O. The maximum Gasteiger partial charge on any atom is 0.326 e. The first-order valence-electron chi connectivity index (χ1n) is 23.9. The number of aliphatic carboxylic acids is 1. The Morgan fingerprint density at radius 1 is 0.508 bits per heavy atom. The number of rotatable bonds is 42. The van der Waals surface area contributed by atoms with Crippen LogP contribution >= 0.6 is 0 Å². The Labute approximate surface area is 362 Å². The molecule has 0 aliphatic carbocycles. The molecule has 7 heteroatoms. The number of hydrogen-bond donors (Lipinski definition) is 3. The van der Waals surface area contributed by atoms with Gasteiger partial charge in [-0.3, -0.25) is 9.59 Å². The summed E-state index contributed by atoms with van der Waals surface area (Å²) in [5.41, 5.74) is 5.49. The van der Waals surface area contributed by atoms with E-state index < -0.39 is 12.0 Å². The van der Waals surface area contributed by atoms with Crippen LogP contribution in [-0.4, -0.2) is 41.6 Å². The van der Waals surface area contributed by atoms with Crippen molar-refractivity contribution >= 4 is 17.8 Å². The number of allylic oxidation sites excluding steroid dienone is 14. The van der Waals surface area contributed by atoms with Gasteiger partial charge in [0, 0.05) is 12.8 Å². The molecular weight excluding hydrogens is 733 g/mol. The largest absolute Gasteiger partial charge is 0.480 e. The highest BCUT2D eigenvalue weighted by Crippen LogP contribution is 2.19. The van der Waals surface area contributed by atoms with Crippen molar-refractivity contribution in [3.8, 4) is 0 Å². The minimum Gasteiger partial charge on any atom is -0.480 e. The van der Waals surface area contributed by atoms with Crippen molar-refractivity contribution in [1.82, 2.24) is 5.32 Å². The van der Waals surface area contributed by atoms with Gasteiger partial charge in [-0.1, -0.05) is 176 Å². The number of nitrogens with one attached hydrogen (secondary N) is 1. The summed E-state index contributed by atoms with van der Waals surface area (Å²) >= 11 is 0. The standard InChI is InChI=1S/C52H88N2O5/c1-3-5-7-9-11-13-15-16-17-18-19-20-21-22-23-24-25-26-27-29-31-36-40-46-51(56)59-48(42-37-33-30-28-14-12-10-8-6-4-2)43-38-34-32-35-39-45-50(55)54-49(52(57)58)44-41-47-53/h5,7,11,13,16-17,19-20,22-23,25-26,29,31,48-49H,3-4,6,8-10,12,14-15,18,21,24,27-28,30,32-47,53H2,1-2H3,(H,54,55)(H,57,58)/b7-5-,13-11-,17-16-,20-19-,23-22-,26-25-,31-29-. The molecule has 0 rings (SSSR count). The number of carboxylic acid groups (broad SMARTS) is 1. The van der Waals surface area contributed by atoms with E-state index in [0.717, 1.165) is 109 Å². The third kappa shape index (κ3) is 42.5. The van der Waals surface area contributed by atoms with Gasteiger partial charge >= 0.3 is 11.9 Å². The van der Waals surface area contributed by atoms with Gasteiger partial charge in [-0.2, -0.15) is 0 Å². The molecule has 0 aliphatic heterocycles. The number of amides is 1. The molecule has 0 aromatic carbocycles. The van der Waals surface area contributed by atoms with E-state index in [2.05, 4.69) is 104 Å². The molecule has 7 nitrogen and oxygen atoms in total. The number of unbranched alkanes of at least 4 members (excludes halogenated alkanes) is 14. The van der Waals surface area contributed by atoms with Crippen LogP contribution in [0.25, 0.3) is 0 Å². The lowest BCUT2D eigenvalue weighted by atomic mass is 10.0. The summed E-state index contributed by atoms with van der Waals surface area (Å²) in [5, 5.41) is 11.9. The molecule has 0 fully saturated rings. The summed E-state index contributed by atoms with van der Waals surface area (Å²) in [4.78, 5) is 36.4. The Bertz CT molecular complexity index is 1200. The van der Waals surface area contributed by atoms with Gasteiger partial charge in [0.2, 0.25) is 5.91 Å². The molecule has 0 radical (unpaired) electrons. The highest BCUT2D eigenvalue weighted by Gasteiger charge is 2.19. The first kappa shape index (κ1) is 55.5. The van der Waals surface area contributed by atoms with Crippen molar-refractivity contribution in [2.45, 2.75) is 219 Å². The molecule has 336 valence electrons. The molecule has 4 N–H and O–H groups in total. The molecule has 2 atom stereocenters. The number of carbonyl (C=O) groups excluding carboxylic acids is 2. The van der Waals surface area contributed by atoms with E-state index in [4.69, 9.17) is 10.5 Å². The Hall–Kier alpha value is -3.45. The Morgan fingerprint density at radius 3 is 1.37 bits per heavy atom. The molecule has 2 unspecified atom stereocenters. The number of hydrogen-bond acceptors (Lipinski definition) is 5. The quantitative estimate of drug-likeness (QED) is 0.0321. The second-order valence-electron chi connectivity index (χ2n) is 15.8. The maximum atomic E-state index is 12.8. The summed E-state index contributed by atoms with van der Waals surface area (Å²) in [6.07, 6.45) is 60.6. The molecule has 0 saturated heterocycles. The van der Waals surface area contributed by atoms with Crippen LogP contribution in [0.5, 0.6) is 0 Å². The van der Waals surface area contributed by atoms with Crippen LogP contribution < -0.4 is 11.1 Å². The van der Waals surface area contributed by atoms with Crippen LogP contribution in [0.1, 0.15) is 206 Å². The van der Waals surface area contributed by atoms with E-state index in [-0.39, 0.29) is 18.0 Å². The summed E-state index contributed by atoms with van der Waals surface area (Å²) in [5.74, 6) is -1.30. The van der Waals surface area contributed by atoms with Crippen LogP contribution in [0.15, 0.2) is 85.1 Å². The highest BCUT2D eigenvalue weighted by molar-refractivity contribution is 5.83. The number of esters is 1. The number of carboxylic acids is 1. The van der Waals surface area contributed by atoms with Crippen LogP contribution in [0.2, 0.25) is 0 Å². The van der Waals surface area contributed by atoms with Crippen LogP contribution in [0.4, 0.5) is 0 Å². The summed E-state index contributed by atoms with van der Waals surface area (Å²) in [7, 11) is 0. The van der Waals surface area contributed by atoms with Gasteiger partial charge in [0.1, 0.15) is 12.1 Å². The normalized spacial score (nSPS) is 13.4. The molecule has 0 saturated carbocycles. The topological polar surface area (TPSA) is 119 Å². The zero-order chi connectivity index (χ0) is 43.1. The van der Waals surface area contributed by atoms with E-state index in [9.17, 15) is 19.5 Å². The predicted octanol–water partition coefficient (Wildman–Crippen LogP) is 14.1. The lowest BCUT2D eigenvalue weighted by molar-refractivity contribution is -0.150. The van der Waals surface area contributed by atoms with Gasteiger partial charge in [0.15, 0.2) is 0 Å². The van der Waals surface area contributed by atoms with Gasteiger partial charge in [0.05, 0.1) is 0 Å². The fraction of sp³-hybridized carbons (Fsp3) is 0.673. The molecule has 0 spiro atoms. The van der Waals surface area contributed by atoms with E-state index >= 15 is 0 Å². The Balaban J connectivity index is 4.35. The van der Waals surface area contributed by atoms with Crippen molar-refractivity contribution in [3.05, 3.63) is 85.1 Å². The fourth-order valence-electron chi connectivity index (χ4n) is 6.68. The molecule has 59 heavy (non-hydrogen) atoms. The predicted molar refractivity (Wildman–Crippen MR) is 252 cm³/mol. The molecule has 1 amide bonds. The van der Waals surface area contributed by atoms with E-state index in [1.807, 2.05) is 0 Å². The van der Waals surface area contributed by atoms with Gasteiger partial charge < -0.3 is 20.9 Å². The smallest absolute Gasteiger partial charge is 0.326 e. The van der Waals surface area contributed by atoms with Crippen molar-refractivity contribution in [2.75, 3.05) is 6.54 Å². The molecule has 0 heterocycles. The van der Waals surface area contributed by atoms with E-state index in [0.29, 0.717) is 32.2 Å². The van der Waals surface area contributed by atoms with Crippen LogP contribution in [-0.2, 0) is 19.1 Å². The number of carbonyl (C=O) groups is 3. The molecule has 0 aromatic rings. The van der Waals surface area contributed by atoms with Crippen molar-refractivity contribution in [3.63, 3.8) is 0 Å². The van der Waals surface area contributed by atoms with E-state index in [1.165, 1.54) is 57.8 Å². The lowest BCUT2D eigenvalue weighted by Crippen LogP contribution is -2.40. The molecule has 0 aromatic heterocycles. The average molecular weight is 821 g/mol. The van der Waals surface area contributed by atoms with E-state index in [1.54, 1.807) is 0 Å². The third-order valence-electron chi connectivity index (χ3n) is 10.2.